The number of benzene rings is 2. The van der Waals surface area contributed by atoms with E-state index in [4.69, 9.17) is 9.26 Å². The predicted octanol–water partition coefficient (Wildman–Crippen LogP) is 2.48. The highest BCUT2D eigenvalue weighted by molar-refractivity contribution is 7.86. The number of amides is 1. The Morgan fingerprint density at radius 1 is 1.07 bits per heavy atom. The highest BCUT2D eigenvalue weighted by atomic mass is 32.2. The topological polar surface area (TPSA) is 138 Å². The summed E-state index contributed by atoms with van der Waals surface area (Å²) >= 11 is 0. The van der Waals surface area contributed by atoms with Gasteiger partial charge in [-0.25, -0.2) is 14.6 Å². The normalized spacial score (nSPS) is 15.3. The second-order valence-electron chi connectivity index (χ2n) is 10.5. The molecule has 0 radical (unpaired) electrons. The van der Waals surface area contributed by atoms with E-state index in [2.05, 4.69) is 4.98 Å². The largest absolute Gasteiger partial charge is 0.489 e. The maximum absolute atomic E-state index is 13.2. The van der Waals surface area contributed by atoms with Gasteiger partial charge in [0, 0.05) is 45.8 Å². The summed E-state index contributed by atoms with van der Waals surface area (Å²) in [5.74, 6) is -0.256. The van der Waals surface area contributed by atoms with Gasteiger partial charge < -0.3 is 14.2 Å². The number of hydrogen-bond donors (Lipinski definition) is 1. The number of allylic oxidation sites excluding steroid dienone is 3. The molecule has 43 heavy (non-hydrogen) atoms. The van der Waals surface area contributed by atoms with Gasteiger partial charge in [-0.15, -0.1) is 4.74 Å². The molecule has 0 bridgehead atoms. The maximum Gasteiger partial charge on any atom is 0.440 e. The van der Waals surface area contributed by atoms with Crippen LogP contribution >= 0.6 is 0 Å². The van der Waals surface area contributed by atoms with E-state index in [1.54, 1.807) is 29.2 Å². The first kappa shape index (κ1) is 31.7. The Bertz CT molecular complexity index is 1740. The number of carbonyl (C=O) groups excluding carboxylic acids is 1. The van der Waals surface area contributed by atoms with Crippen molar-refractivity contribution in [2.75, 3.05) is 46.9 Å². The predicted molar refractivity (Wildman–Crippen MR) is 163 cm³/mol. The van der Waals surface area contributed by atoms with Crippen molar-refractivity contribution in [3.63, 3.8) is 0 Å². The third-order valence-corrected chi connectivity index (χ3v) is 9.10. The van der Waals surface area contributed by atoms with Crippen LogP contribution in [-0.2, 0) is 16.8 Å². The minimum Gasteiger partial charge on any atom is -0.489 e. The smallest absolute Gasteiger partial charge is 0.440 e. The Balaban J connectivity index is 1.35. The molecule has 1 fully saturated rings. The molecule has 0 spiro atoms. The van der Waals surface area contributed by atoms with Gasteiger partial charge in [-0.3, -0.25) is 4.79 Å². The zero-order valence-corrected chi connectivity index (χ0v) is 25.8. The Morgan fingerprint density at radius 2 is 1.74 bits per heavy atom. The first-order chi connectivity index (χ1) is 20.4. The van der Waals surface area contributed by atoms with E-state index in [0.29, 0.717) is 31.0 Å². The van der Waals surface area contributed by atoms with Crippen molar-refractivity contribution in [1.82, 2.24) is 23.2 Å². The van der Waals surface area contributed by atoms with E-state index in [0.717, 1.165) is 32.6 Å². The molecule has 1 aliphatic heterocycles. The van der Waals surface area contributed by atoms with Crippen molar-refractivity contribution >= 4 is 21.7 Å². The molecular formula is C30H37N5O7S. The van der Waals surface area contributed by atoms with Crippen LogP contribution in [0.2, 0.25) is 0 Å². The van der Waals surface area contributed by atoms with Gasteiger partial charge in [0.05, 0.1) is 6.54 Å². The lowest BCUT2D eigenvalue weighted by Gasteiger charge is -2.35. The van der Waals surface area contributed by atoms with Crippen molar-refractivity contribution < 1.29 is 22.5 Å². The molecule has 4 rings (SSSR count). The number of rotatable bonds is 10. The summed E-state index contributed by atoms with van der Waals surface area (Å²) in [6.07, 6.45) is 4.05. The number of hydrogen-bond acceptors (Lipinski definition) is 7. The summed E-state index contributed by atoms with van der Waals surface area (Å²) in [5, 5.41) is 0. The monoisotopic (exact) mass is 611 g/mol. The van der Waals surface area contributed by atoms with Crippen LogP contribution in [0, 0.1) is 6.92 Å². The molecular weight excluding hydrogens is 574 g/mol. The SMILES string of the molecule is C/C=C(\C=C(/C)COc1ccc(Cn2oc(=O)[nH]c2=O)cc1)c1ccc(C(=O)N2CCN(S(=O)(=O)N(C)C)CC2)cc1C. The van der Waals surface area contributed by atoms with E-state index in [9.17, 15) is 22.8 Å². The van der Waals surface area contributed by atoms with Crippen LogP contribution in [0.4, 0.5) is 0 Å². The van der Waals surface area contributed by atoms with Gasteiger partial charge in [0.15, 0.2) is 0 Å². The fourth-order valence-corrected chi connectivity index (χ4v) is 5.84. The van der Waals surface area contributed by atoms with E-state index < -0.39 is 21.7 Å². The summed E-state index contributed by atoms with van der Waals surface area (Å²) in [5.41, 5.74) is 4.67. The zero-order chi connectivity index (χ0) is 31.3. The number of aromatic amines is 1. The fraction of sp³-hybridized carbons (Fsp3) is 0.367. The van der Waals surface area contributed by atoms with Gasteiger partial charge in [0.2, 0.25) is 0 Å². The number of nitrogens with zero attached hydrogens (tertiary/aromatic N) is 4. The number of nitrogens with one attached hydrogen (secondary N) is 1. The summed E-state index contributed by atoms with van der Waals surface area (Å²) in [7, 11) is -0.495. The highest BCUT2D eigenvalue weighted by Gasteiger charge is 2.30. The van der Waals surface area contributed by atoms with Crippen molar-refractivity contribution in [1.29, 1.82) is 0 Å². The van der Waals surface area contributed by atoms with Gasteiger partial charge in [-0.2, -0.15) is 17.0 Å². The van der Waals surface area contributed by atoms with E-state index in [1.807, 2.05) is 51.1 Å². The number of carbonyl (C=O) groups is 1. The molecule has 0 atom stereocenters. The third-order valence-electron chi connectivity index (χ3n) is 7.16. The molecule has 13 heteroatoms. The maximum atomic E-state index is 13.2. The Kier molecular flexibility index (Phi) is 9.89. The number of aromatic nitrogens is 2. The summed E-state index contributed by atoms with van der Waals surface area (Å²) in [6, 6.07) is 12.8. The highest BCUT2D eigenvalue weighted by Crippen LogP contribution is 2.24. The van der Waals surface area contributed by atoms with E-state index in [-0.39, 0.29) is 25.5 Å². The van der Waals surface area contributed by atoms with Crippen molar-refractivity contribution in [3.8, 4) is 5.75 Å². The van der Waals surface area contributed by atoms with Gasteiger partial charge in [-0.05, 0) is 72.9 Å². The van der Waals surface area contributed by atoms with Crippen LogP contribution in [0.3, 0.4) is 0 Å². The summed E-state index contributed by atoms with van der Waals surface area (Å²) in [4.78, 5) is 39.7. The Labute approximate surface area is 250 Å². The molecule has 1 N–H and O–H groups in total. The number of piperazine rings is 1. The molecule has 2 heterocycles. The minimum absolute atomic E-state index is 0.116. The van der Waals surface area contributed by atoms with Crippen LogP contribution in [0.5, 0.6) is 5.75 Å². The molecule has 1 saturated heterocycles. The standard InChI is InChI=1S/C30H37N5O7S/c1-6-24(17-21(2)20-41-26-10-7-23(8-11-26)19-35-29(37)31-30(38)42-35)27-12-9-25(18-22(27)3)28(36)33-13-15-34(16-14-33)43(39,40)32(4)5/h6-12,17-18H,13-16,19-20H2,1-5H3,(H,31,37,38)/b21-17+,24-6+. The van der Waals surface area contributed by atoms with Gasteiger partial charge in [-0.1, -0.05) is 30.4 Å². The van der Waals surface area contributed by atoms with Gasteiger partial charge in [0.1, 0.15) is 12.4 Å². The van der Waals surface area contributed by atoms with Crippen LogP contribution < -0.4 is 16.2 Å². The molecule has 0 unspecified atom stereocenters. The lowest BCUT2D eigenvalue weighted by atomic mass is 9.96. The Hall–Kier alpha value is -4.20. The molecule has 230 valence electrons. The molecule has 1 aliphatic rings. The number of ether oxygens (including phenoxy) is 1. The minimum atomic E-state index is -3.50. The van der Waals surface area contributed by atoms with Crippen molar-refractivity contribution in [2.45, 2.75) is 27.3 Å². The first-order valence-corrected chi connectivity index (χ1v) is 15.2. The molecule has 1 aromatic heterocycles. The van der Waals surface area contributed by atoms with E-state index in [1.165, 1.54) is 22.7 Å². The average Bonchev–Trinajstić information content (AvgIpc) is 3.30. The van der Waals surface area contributed by atoms with Gasteiger partial charge in [0.25, 0.3) is 16.1 Å². The second-order valence-corrected chi connectivity index (χ2v) is 12.7. The fourth-order valence-electron chi connectivity index (χ4n) is 4.75. The molecule has 12 nitrogen and oxygen atoms in total. The van der Waals surface area contributed by atoms with E-state index >= 15 is 0 Å². The van der Waals surface area contributed by atoms with Crippen LogP contribution in [-0.4, -0.2) is 84.4 Å². The number of H-pyrrole nitrogens is 1. The van der Waals surface area contributed by atoms with Crippen molar-refractivity contribution in [2.24, 2.45) is 0 Å². The zero-order valence-electron chi connectivity index (χ0n) is 25.0. The number of aryl methyl sites for hydroxylation is 1. The molecule has 0 saturated carbocycles. The quantitative estimate of drug-likeness (QED) is 0.348. The van der Waals surface area contributed by atoms with Crippen LogP contribution in [0.25, 0.3) is 5.57 Å². The molecule has 0 aliphatic carbocycles. The second kappa shape index (κ2) is 13.4. The third kappa shape index (κ3) is 7.61. The van der Waals surface area contributed by atoms with Crippen molar-refractivity contribution in [3.05, 3.63) is 103 Å². The lowest BCUT2D eigenvalue weighted by Crippen LogP contribution is -2.53. The van der Waals surface area contributed by atoms with Crippen LogP contribution in [0.1, 0.15) is 40.9 Å². The molecule has 3 aromatic rings. The average molecular weight is 612 g/mol. The summed E-state index contributed by atoms with van der Waals surface area (Å²) in [6.45, 7) is 7.57. The summed E-state index contributed by atoms with van der Waals surface area (Å²) < 4.78 is 39.0. The molecule has 1 amide bonds. The molecule has 2 aromatic carbocycles. The lowest BCUT2D eigenvalue weighted by molar-refractivity contribution is 0.0695. The Morgan fingerprint density at radius 3 is 2.30 bits per heavy atom. The van der Waals surface area contributed by atoms with Crippen LogP contribution in [0.15, 0.2) is 74.3 Å². The van der Waals surface area contributed by atoms with Gasteiger partial charge >= 0.3 is 11.4 Å². The first-order valence-electron chi connectivity index (χ1n) is 13.8.